The number of hydrogen-bond acceptors (Lipinski definition) is 4. The lowest BCUT2D eigenvalue weighted by Gasteiger charge is -2.30. The molecule has 4 heteroatoms. The lowest BCUT2D eigenvalue weighted by atomic mass is 9.96. The minimum Gasteiger partial charge on any atom is -0.466 e. The number of benzene rings is 1. The van der Waals surface area contributed by atoms with Gasteiger partial charge in [0.2, 0.25) is 0 Å². The Balaban J connectivity index is 1.60. The van der Waals surface area contributed by atoms with Crippen molar-refractivity contribution in [2.45, 2.75) is 39.7 Å². The van der Waals surface area contributed by atoms with E-state index in [-0.39, 0.29) is 11.9 Å². The molecule has 4 nitrogen and oxygen atoms in total. The molecule has 0 radical (unpaired) electrons. The third kappa shape index (κ3) is 4.70. The Morgan fingerprint density at radius 1 is 1.08 bits per heavy atom. The van der Waals surface area contributed by atoms with Gasteiger partial charge in [-0.1, -0.05) is 31.2 Å². The zero-order valence-corrected chi connectivity index (χ0v) is 15.8. The van der Waals surface area contributed by atoms with Crippen LogP contribution in [0.25, 0.3) is 11.1 Å². The highest BCUT2D eigenvalue weighted by Gasteiger charge is 2.25. The van der Waals surface area contributed by atoms with Gasteiger partial charge in [0.15, 0.2) is 0 Å². The summed E-state index contributed by atoms with van der Waals surface area (Å²) in [6.45, 7) is 7.24. The third-order valence-corrected chi connectivity index (χ3v) is 5.10. The van der Waals surface area contributed by atoms with Crippen LogP contribution >= 0.6 is 0 Å². The highest BCUT2D eigenvalue weighted by atomic mass is 16.5. The maximum Gasteiger partial charge on any atom is 0.309 e. The average Bonchev–Trinajstić information content (AvgIpc) is 2.69. The van der Waals surface area contributed by atoms with E-state index in [1.807, 2.05) is 19.3 Å². The molecule has 1 aromatic carbocycles. The molecule has 2 heterocycles. The van der Waals surface area contributed by atoms with Crippen LogP contribution in [-0.2, 0) is 22.5 Å². The van der Waals surface area contributed by atoms with Gasteiger partial charge in [-0.2, -0.15) is 0 Å². The van der Waals surface area contributed by atoms with Gasteiger partial charge in [0.1, 0.15) is 0 Å². The number of carbonyl (C=O) groups excluding carboxylic acids is 1. The maximum atomic E-state index is 11.9. The first-order chi connectivity index (χ1) is 12.7. The van der Waals surface area contributed by atoms with Crippen molar-refractivity contribution < 1.29 is 9.53 Å². The van der Waals surface area contributed by atoms with E-state index < -0.39 is 0 Å². The summed E-state index contributed by atoms with van der Waals surface area (Å²) in [4.78, 5) is 18.7. The molecule has 26 heavy (non-hydrogen) atoms. The molecule has 0 unspecified atom stereocenters. The van der Waals surface area contributed by atoms with Crippen LogP contribution in [0.5, 0.6) is 0 Å². The number of pyridine rings is 1. The third-order valence-electron chi connectivity index (χ3n) is 5.10. The van der Waals surface area contributed by atoms with Crippen molar-refractivity contribution in [1.29, 1.82) is 0 Å². The molecule has 3 rings (SSSR count). The lowest BCUT2D eigenvalue weighted by Crippen LogP contribution is -2.36. The number of hydrogen-bond donors (Lipinski definition) is 0. The predicted octanol–water partition coefficient (Wildman–Crippen LogP) is 4.09. The summed E-state index contributed by atoms with van der Waals surface area (Å²) in [5.41, 5.74) is 4.93. The van der Waals surface area contributed by atoms with E-state index in [2.05, 4.69) is 47.1 Å². The summed E-state index contributed by atoms with van der Waals surface area (Å²) in [5, 5.41) is 0. The van der Waals surface area contributed by atoms with Crippen LogP contribution in [0.4, 0.5) is 0 Å². The maximum absolute atomic E-state index is 11.9. The van der Waals surface area contributed by atoms with Crippen molar-refractivity contribution in [2.75, 3.05) is 19.7 Å². The molecule has 138 valence electrons. The van der Waals surface area contributed by atoms with Crippen LogP contribution in [0.2, 0.25) is 0 Å². The van der Waals surface area contributed by atoms with E-state index in [9.17, 15) is 4.79 Å². The Kier molecular flexibility index (Phi) is 6.40. The zero-order chi connectivity index (χ0) is 18.4. The Hall–Kier alpha value is -2.20. The molecule has 0 N–H and O–H groups in total. The second-order valence-corrected chi connectivity index (χ2v) is 6.93. The summed E-state index contributed by atoms with van der Waals surface area (Å²) in [5.74, 6) is 0.0269. The van der Waals surface area contributed by atoms with E-state index in [1.54, 1.807) is 0 Å². The molecule has 1 aliphatic heterocycles. The predicted molar refractivity (Wildman–Crippen MR) is 104 cm³/mol. The van der Waals surface area contributed by atoms with Crippen LogP contribution in [0.1, 0.15) is 37.8 Å². The molecule has 0 amide bonds. The molecule has 1 aliphatic rings. The first-order valence-electron chi connectivity index (χ1n) is 9.61. The number of carbonyl (C=O) groups is 1. The number of aryl methyl sites for hydroxylation is 1. The van der Waals surface area contributed by atoms with Crippen LogP contribution in [-0.4, -0.2) is 35.5 Å². The summed E-state index contributed by atoms with van der Waals surface area (Å²) >= 11 is 0. The van der Waals surface area contributed by atoms with Gasteiger partial charge in [-0.3, -0.25) is 14.7 Å². The van der Waals surface area contributed by atoms with Crippen molar-refractivity contribution in [3.8, 4) is 11.1 Å². The Morgan fingerprint density at radius 3 is 2.46 bits per heavy atom. The Labute approximate surface area is 156 Å². The summed E-state index contributed by atoms with van der Waals surface area (Å²) in [6, 6.07) is 10.9. The molecule has 0 aliphatic carbocycles. The van der Waals surface area contributed by atoms with E-state index in [4.69, 9.17) is 4.74 Å². The number of aromatic nitrogens is 1. The fraction of sp³-hybridized carbons (Fsp3) is 0.455. The molecule has 1 fully saturated rings. The van der Waals surface area contributed by atoms with Gasteiger partial charge >= 0.3 is 5.97 Å². The monoisotopic (exact) mass is 352 g/mol. The van der Waals surface area contributed by atoms with Crippen molar-refractivity contribution in [1.82, 2.24) is 9.88 Å². The van der Waals surface area contributed by atoms with E-state index in [1.165, 1.54) is 16.7 Å². The van der Waals surface area contributed by atoms with Gasteiger partial charge in [0.25, 0.3) is 0 Å². The van der Waals surface area contributed by atoms with Gasteiger partial charge in [-0.15, -0.1) is 0 Å². The van der Waals surface area contributed by atoms with Gasteiger partial charge < -0.3 is 4.74 Å². The summed E-state index contributed by atoms with van der Waals surface area (Å²) in [7, 11) is 0. The molecule has 1 aromatic heterocycles. The number of piperidine rings is 1. The average molecular weight is 352 g/mol. The lowest BCUT2D eigenvalue weighted by molar-refractivity contribution is -0.149. The minimum atomic E-state index is -0.0358. The Bertz CT molecular complexity index is 719. The van der Waals surface area contributed by atoms with Crippen LogP contribution in [0.3, 0.4) is 0 Å². The molecule has 1 saturated heterocycles. The quantitative estimate of drug-likeness (QED) is 0.735. The number of rotatable bonds is 6. The number of likely N-dealkylation sites (tertiary alicyclic amines) is 1. The van der Waals surface area contributed by atoms with Crippen LogP contribution in [0, 0.1) is 5.92 Å². The standard InChI is InChI=1S/C22H28N2O2/c1-3-17-5-7-19(8-6-17)21-13-18(14-23-15-21)16-24-11-9-20(10-12-24)22(25)26-4-2/h5-8,13-15,20H,3-4,9-12,16H2,1-2H3. The molecular formula is C22H28N2O2. The summed E-state index contributed by atoms with van der Waals surface area (Å²) in [6.07, 6.45) is 6.69. The number of esters is 1. The van der Waals surface area contributed by atoms with Crippen molar-refractivity contribution in [3.63, 3.8) is 0 Å². The van der Waals surface area contributed by atoms with Gasteiger partial charge in [-0.25, -0.2) is 0 Å². The van der Waals surface area contributed by atoms with Crippen molar-refractivity contribution in [3.05, 3.63) is 53.9 Å². The molecule has 0 saturated carbocycles. The van der Waals surface area contributed by atoms with Crippen LogP contribution < -0.4 is 0 Å². The molecule has 0 atom stereocenters. The van der Waals surface area contributed by atoms with Gasteiger partial charge in [0, 0.05) is 24.5 Å². The largest absolute Gasteiger partial charge is 0.466 e. The normalized spacial score (nSPS) is 15.8. The van der Waals surface area contributed by atoms with E-state index in [0.29, 0.717) is 6.61 Å². The molecular weight excluding hydrogens is 324 g/mol. The fourth-order valence-corrected chi connectivity index (χ4v) is 3.51. The molecule has 0 spiro atoms. The second kappa shape index (κ2) is 8.95. The van der Waals surface area contributed by atoms with Gasteiger partial charge in [0.05, 0.1) is 12.5 Å². The minimum absolute atomic E-state index is 0.0358. The first kappa shape index (κ1) is 18.6. The fourth-order valence-electron chi connectivity index (χ4n) is 3.51. The van der Waals surface area contributed by atoms with Crippen molar-refractivity contribution in [2.24, 2.45) is 5.92 Å². The number of ether oxygens (including phenoxy) is 1. The highest BCUT2D eigenvalue weighted by molar-refractivity contribution is 5.72. The zero-order valence-electron chi connectivity index (χ0n) is 15.8. The Morgan fingerprint density at radius 2 is 1.81 bits per heavy atom. The molecule has 2 aromatic rings. The van der Waals surface area contributed by atoms with E-state index >= 15 is 0 Å². The summed E-state index contributed by atoms with van der Waals surface area (Å²) < 4.78 is 5.15. The van der Waals surface area contributed by atoms with Crippen molar-refractivity contribution >= 4 is 5.97 Å². The SMILES string of the molecule is CCOC(=O)C1CCN(Cc2cncc(-c3ccc(CC)cc3)c2)CC1. The highest BCUT2D eigenvalue weighted by Crippen LogP contribution is 2.23. The first-order valence-corrected chi connectivity index (χ1v) is 9.61. The molecule has 0 bridgehead atoms. The number of nitrogens with zero attached hydrogens (tertiary/aromatic N) is 2. The van der Waals surface area contributed by atoms with Crippen LogP contribution in [0.15, 0.2) is 42.7 Å². The van der Waals surface area contributed by atoms with E-state index in [0.717, 1.165) is 44.5 Å². The second-order valence-electron chi connectivity index (χ2n) is 6.93. The van der Waals surface area contributed by atoms with Gasteiger partial charge in [-0.05, 0) is 62.0 Å². The topological polar surface area (TPSA) is 42.4 Å². The smallest absolute Gasteiger partial charge is 0.309 e.